The Labute approximate surface area is 124 Å². The van der Waals surface area contributed by atoms with Gasteiger partial charge in [-0.15, -0.1) is 0 Å². The van der Waals surface area contributed by atoms with Crippen molar-refractivity contribution >= 4 is 21.4 Å². The summed E-state index contributed by atoms with van der Waals surface area (Å²) in [5, 5.41) is 9.16. The number of amides is 1. The van der Waals surface area contributed by atoms with E-state index in [1.54, 1.807) is 18.2 Å². The minimum absolute atomic E-state index is 0.0416. The quantitative estimate of drug-likeness (QED) is 0.773. The molecule has 1 fully saturated rings. The Kier molecular flexibility index (Phi) is 4.53. The summed E-state index contributed by atoms with van der Waals surface area (Å²) in [6.07, 6.45) is 0.412. The zero-order valence-corrected chi connectivity index (χ0v) is 12.8. The molecule has 116 valence electrons. The maximum absolute atomic E-state index is 12.6. The molecule has 6 nitrogen and oxygen atoms in total. The Morgan fingerprint density at radius 3 is 2.67 bits per heavy atom. The van der Waals surface area contributed by atoms with Gasteiger partial charge in [0.2, 0.25) is 0 Å². The van der Waals surface area contributed by atoms with Crippen LogP contribution < -0.4 is 5.73 Å². The number of aliphatic hydroxyl groups is 1. The third kappa shape index (κ3) is 3.74. The fraction of sp³-hybridized carbons (Fsp3) is 0.500. The summed E-state index contributed by atoms with van der Waals surface area (Å²) in [5.41, 5.74) is 7.52. The molecule has 1 amide bonds. The number of aryl methyl sites for hydroxylation is 1. The van der Waals surface area contributed by atoms with Gasteiger partial charge in [0, 0.05) is 23.8 Å². The molecule has 1 aliphatic heterocycles. The number of aliphatic hydroxyl groups excluding tert-OH is 1. The Morgan fingerprint density at radius 1 is 1.43 bits per heavy atom. The number of nitrogens with two attached hydrogens (primary N) is 1. The summed E-state index contributed by atoms with van der Waals surface area (Å²) < 4.78 is 23.2. The van der Waals surface area contributed by atoms with Crippen molar-refractivity contribution in [2.45, 2.75) is 19.4 Å². The average molecular weight is 312 g/mol. The maximum Gasteiger partial charge on any atom is 0.254 e. The van der Waals surface area contributed by atoms with E-state index in [2.05, 4.69) is 0 Å². The predicted molar refractivity (Wildman–Crippen MR) is 80.8 cm³/mol. The summed E-state index contributed by atoms with van der Waals surface area (Å²) >= 11 is 0. The Bertz CT molecular complexity index is 622. The topological polar surface area (TPSA) is 101 Å². The van der Waals surface area contributed by atoms with Gasteiger partial charge in [-0.25, -0.2) is 8.42 Å². The normalized spacial score (nSPS) is 20.4. The molecule has 0 radical (unpaired) electrons. The highest BCUT2D eigenvalue weighted by Crippen LogP contribution is 2.21. The smallest absolute Gasteiger partial charge is 0.254 e. The number of carbonyl (C=O) groups excluding carboxylic acids is 1. The molecule has 0 aromatic heterocycles. The van der Waals surface area contributed by atoms with Gasteiger partial charge in [0.15, 0.2) is 9.84 Å². The highest BCUT2D eigenvalue weighted by molar-refractivity contribution is 7.91. The van der Waals surface area contributed by atoms with Gasteiger partial charge < -0.3 is 15.7 Å². The molecule has 0 bridgehead atoms. The van der Waals surface area contributed by atoms with E-state index in [1.807, 2.05) is 6.92 Å². The third-order valence-electron chi connectivity index (χ3n) is 3.60. The molecule has 0 aliphatic carbocycles. The lowest BCUT2D eigenvalue weighted by molar-refractivity contribution is 0.0655. The van der Waals surface area contributed by atoms with Crippen LogP contribution in [0.25, 0.3) is 0 Å². The lowest BCUT2D eigenvalue weighted by Gasteiger charge is -2.27. The molecule has 1 atom stereocenters. The van der Waals surface area contributed by atoms with Crippen LogP contribution in [-0.4, -0.2) is 55.0 Å². The second kappa shape index (κ2) is 6.03. The second-order valence-corrected chi connectivity index (χ2v) is 7.64. The molecule has 1 heterocycles. The Hall–Kier alpha value is -1.60. The first-order valence-corrected chi connectivity index (χ1v) is 8.64. The molecule has 0 saturated carbocycles. The van der Waals surface area contributed by atoms with Crippen molar-refractivity contribution in [1.82, 2.24) is 4.90 Å². The third-order valence-corrected chi connectivity index (χ3v) is 5.35. The van der Waals surface area contributed by atoms with E-state index in [4.69, 9.17) is 10.8 Å². The van der Waals surface area contributed by atoms with Crippen LogP contribution in [0.1, 0.15) is 22.3 Å². The molecule has 0 spiro atoms. The number of nitrogen functional groups attached to an aromatic ring is 1. The van der Waals surface area contributed by atoms with Crippen LogP contribution in [0, 0.1) is 6.92 Å². The molecule has 1 unspecified atom stereocenters. The standard InChI is InChI=1S/C14H20N2O4S/c1-10-6-11(8-12(15)7-10)14(18)16(3-4-17)13-2-5-21(19,20)9-13/h6-8,13,17H,2-5,9,15H2,1H3. The van der Waals surface area contributed by atoms with Crippen LogP contribution in [0.2, 0.25) is 0 Å². The molecule has 7 heteroatoms. The van der Waals surface area contributed by atoms with Crippen molar-refractivity contribution in [1.29, 1.82) is 0 Å². The van der Waals surface area contributed by atoms with Crippen molar-refractivity contribution < 1.29 is 18.3 Å². The van der Waals surface area contributed by atoms with Gasteiger partial charge in [-0.1, -0.05) is 0 Å². The van der Waals surface area contributed by atoms with Crippen LogP contribution in [0.5, 0.6) is 0 Å². The SMILES string of the molecule is Cc1cc(N)cc(C(=O)N(CCO)C2CCS(=O)(=O)C2)c1. The highest BCUT2D eigenvalue weighted by Gasteiger charge is 2.34. The van der Waals surface area contributed by atoms with Crippen LogP contribution in [-0.2, 0) is 9.84 Å². The van der Waals surface area contributed by atoms with Gasteiger partial charge in [0.05, 0.1) is 18.1 Å². The van der Waals surface area contributed by atoms with Gasteiger partial charge >= 0.3 is 0 Å². The molecule has 1 aromatic rings. The van der Waals surface area contributed by atoms with Gasteiger partial charge in [-0.05, 0) is 37.1 Å². The van der Waals surface area contributed by atoms with Crippen LogP contribution in [0.4, 0.5) is 5.69 Å². The van der Waals surface area contributed by atoms with Crippen LogP contribution in [0.15, 0.2) is 18.2 Å². The minimum atomic E-state index is -3.09. The summed E-state index contributed by atoms with van der Waals surface area (Å²) in [6.45, 7) is 1.75. The number of benzene rings is 1. The van der Waals surface area contributed by atoms with E-state index in [9.17, 15) is 13.2 Å². The van der Waals surface area contributed by atoms with Gasteiger partial charge in [-0.3, -0.25) is 4.79 Å². The van der Waals surface area contributed by atoms with E-state index in [1.165, 1.54) is 4.90 Å². The number of rotatable bonds is 4. The lowest BCUT2D eigenvalue weighted by atomic mass is 10.1. The van der Waals surface area contributed by atoms with Crippen molar-refractivity contribution in [2.75, 3.05) is 30.4 Å². The van der Waals surface area contributed by atoms with Crippen molar-refractivity contribution in [2.24, 2.45) is 0 Å². The summed E-state index contributed by atoms with van der Waals surface area (Å²) in [7, 11) is -3.09. The maximum atomic E-state index is 12.6. The zero-order valence-electron chi connectivity index (χ0n) is 11.9. The molecular weight excluding hydrogens is 292 g/mol. The molecule has 1 aromatic carbocycles. The molecular formula is C14H20N2O4S. The minimum Gasteiger partial charge on any atom is -0.399 e. The number of sulfone groups is 1. The van der Waals surface area contributed by atoms with E-state index in [0.717, 1.165) is 5.56 Å². The fourth-order valence-corrected chi connectivity index (χ4v) is 4.41. The lowest BCUT2D eigenvalue weighted by Crippen LogP contribution is -2.42. The fourth-order valence-electron chi connectivity index (χ4n) is 2.68. The van der Waals surface area contributed by atoms with Crippen LogP contribution >= 0.6 is 0 Å². The summed E-state index contributed by atoms with van der Waals surface area (Å²) in [5.74, 6) is -0.246. The monoisotopic (exact) mass is 312 g/mol. The Balaban J connectivity index is 2.27. The number of carbonyl (C=O) groups is 1. The van der Waals surface area contributed by atoms with Gasteiger partial charge in [0.1, 0.15) is 0 Å². The average Bonchev–Trinajstić information content (AvgIpc) is 2.74. The van der Waals surface area contributed by atoms with Crippen molar-refractivity contribution in [3.8, 4) is 0 Å². The molecule has 1 saturated heterocycles. The van der Waals surface area contributed by atoms with E-state index < -0.39 is 9.84 Å². The Morgan fingerprint density at radius 2 is 2.14 bits per heavy atom. The largest absolute Gasteiger partial charge is 0.399 e. The number of hydrogen-bond donors (Lipinski definition) is 2. The zero-order chi connectivity index (χ0) is 15.6. The first-order chi connectivity index (χ1) is 9.82. The highest BCUT2D eigenvalue weighted by atomic mass is 32.2. The second-order valence-electron chi connectivity index (χ2n) is 5.41. The van der Waals surface area contributed by atoms with E-state index in [-0.39, 0.29) is 36.6 Å². The predicted octanol–water partition coefficient (Wildman–Crippen LogP) is 0.199. The number of hydrogen-bond acceptors (Lipinski definition) is 5. The van der Waals surface area contributed by atoms with Crippen LogP contribution in [0.3, 0.4) is 0 Å². The first-order valence-electron chi connectivity index (χ1n) is 6.82. The molecule has 21 heavy (non-hydrogen) atoms. The number of nitrogens with zero attached hydrogens (tertiary/aromatic N) is 1. The molecule has 1 aliphatic rings. The summed E-state index contributed by atoms with van der Waals surface area (Å²) in [4.78, 5) is 14.0. The van der Waals surface area contributed by atoms with Gasteiger partial charge in [0.25, 0.3) is 5.91 Å². The van der Waals surface area contributed by atoms with Crippen molar-refractivity contribution in [3.63, 3.8) is 0 Å². The van der Waals surface area contributed by atoms with Gasteiger partial charge in [-0.2, -0.15) is 0 Å². The summed E-state index contributed by atoms with van der Waals surface area (Å²) in [6, 6.07) is 4.67. The first kappa shape index (κ1) is 15.8. The van der Waals surface area contributed by atoms with E-state index in [0.29, 0.717) is 17.7 Å². The molecule has 2 rings (SSSR count). The van der Waals surface area contributed by atoms with E-state index >= 15 is 0 Å². The number of anilines is 1. The van der Waals surface area contributed by atoms with Crippen molar-refractivity contribution in [3.05, 3.63) is 29.3 Å². The molecule has 3 N–H and O–H groups in total.